The number of primary amides is 1. The molecule has 33 heavy (non-hydrogen) atoms. The quantitative estimate of drug-likeness (QED) is 0.591. The van der Waals surface area contributed by atoms with E-state index in [2.05, 4.69) is 11.2 Å². The van der Waals surface area contributed by atoms with Crippen molar-refractivity contribution in [2.45, 2.75) is 38.5 Å². The summed E-state index contributed by atoms with van der Waals surface area (Å²) in [7, 11) is 1.57. The minimum Gasteiger partial charge on any atom is -0.496 e. The van der Waals surface area contributed by atoms with Crippen molar-refractivity contribution in [1.82, 2.24) is 9.78 Å². The van der Waals surface area contributed by atoms with Crippen LogP contribution in [-0.4, -0.2) is 22.8 Å². The predicted octanol–water partition coefficient (Wildman–Crippen LogP) is 4.86. The highest BCUT2D eigenvalue weighted by molar-refractivity contribution is 5.97. The Morgan fingerprint density at radius 1 is 1.24 bits per heavy atom. The number of aryl methyl sites for hydroxylation is 1. The van der Waals surface area contributed by atoms with Crippen LogP contribution < -0.4 is 10.5 Å². The molecule has 2 fully saturated rings. The van der Waals surface area contributed by atoms with Crippen LogP contribution in [0.4, 0.5) is 4.39 Å². The van der Waals surface area contributed by atoms with Crippen molar-refractivity contribution in [2.24, 2.45) is 16.6 Å². The number of nitrogens with zero attached hydrogens (tertiary/aromatic N) is 2. The third-order valence-electron chi connectivity index (χ3n) is 8.23. The second-order valence-electron chi connectivity index (χ2n) is 9.69. The molecule has 3 aliphatic rings. The van der Waals surface area contributed by atoms with Gasteiger partial charge in [-0.15, -0.1) is 0 Å². The number of benzene rings is 2. The van der Waals surface area contributed by atoms with E-state index in [0.717, 1.165) is 42.6 Å². The molecular formula is C27H26FN3O2. The van der Waals surface area contributed by atoms with E-state index in [-0.39, 0.29) is 16.6 Å². The van der Waals surface area contributed by atoms with E-state index in [1.165, 1.54) is 36.1 Å². The van der Waals surface area contributed by atoms with Gasteiger partial charge < -0.3 is 10.5 Å². The summed E-state index contributed by atoms with van der Waals surface area (Å²) in [6, 6.07) is 12.2. The number of fused-ring (bicyclic) bond motifs is 1. The predicted molar refractivity (Wildman–Crippen MR) is 124 cm³/mol. The Hall–Kier alpha value is -3.41. The molecule has 0 bridgehead atoms. The molecule has 0 saturated heterocycles. The van der Waals surface area contributed by atoms with Crippen molar-refractivity contribution in [3.63, 3.8) is 0 Å². The van der Waals surface area contributed by atoms with Gasteiger partial charge in [0.1, 0.15) is 11.6 Å². The first-order valence-electron chi connectivity index (χ1n) is 11.5. The molecule has 0 radical (unpaired) electrons. The highest BCUT2D eigenvalue weighted by atomic mass is 19.1. The number of carbonyl (C=O) groups is 1. The Balaban J connectivity index is 1.27. The maximum atomic E-state index is 13.4. The Bertz CT molecular complexity index is 1310. The van der Waals surface area contributed by atoms with Crippen LogP contribution in [0.15, 0.2) is 54.2 Å². The average molecular weight is 444 g/mol. The molecule has 0 aliphatic heterocycles. The summed E-state index contributed by atoms with van der Waals surface area (Å²) in [5.74, 6) is -0.135. The fourth-order valence-corrected chi connectivity index (χ4v) is 6.52. The van der Waals surface area contributed by atoms with Crippen LogP contribution in [0.25, 0.3) is 11.8 Å². The van der Waals surface area contributed by atoms with Crippen molar-refractivity contribution in [1.29, 1.82) is 0 Å². The first-order chi connectivity index (χ1) is 16.0. The fourth-order valence-electron chi connectivity index (χ4n) is 6.52. The van der Waals surface area contributed by atoms with Crippen molar-refractivity contribution in [3.8, 4) is 11.4 Å². The molecule has 1 heterocycles. The first kappa shape index (κ1) is 20.2. The summed E-state index contributed by atoms with van der Waals surface area (Å²) in [4.78, 5) is 12.1. The van der Waals surface area contributed by atoms with Gasteiger partial charge in [0, 0.05) is 5.41 Å². The van der Waals surface area contributed by atoms with E-state index in [1.807, 2.05) is 23.0 Å². The van der Waals surface area contributed by atoms with Gasteiger partial charge in [-0.05, 0) is 91.5 Å². The molecule has 168 valence electrons. The van der Waals surface area contributed by atoms with E-state index < -0.39 is 5.91 Å². The lowest BCUT2D eigenvalue weighted by atomic mass is 9.80. The molecule has 3 aliphatic carbocycles. The van der Waals surface area contributed by atoms with Crippen LogP contribution in [0.3, 0.4) is 0 Å². The minimum absolute atomic E-state index is 0.211. The summed E-state index contributed by atoms with van der Waals surface area (Å²) in [5, 5.41) is 4.63. The molecule has 1 spiro atoms. The van der Waals surface area contributed by atoms with Gasteiger partial charge in [-0.25, -0.2) is 9.07 Å². The van der Waals surface area contributed by atoms with Gasteiger partial charge in [-0.3, -0.25) is 4.79 Å². The number of ether oxygens (including phenoxy) is 1. The molecule has 2 saturated carbocycles. The molecule has 1 unspecified atom stereocenters. The van der Waals surface area contributed by atoms with Gasteiger partial charge in [-0.2, -0.15) is 5.10 Å². The second kappa shape index (κ2) is 7.04. The van der Waals surface area contributed by atoms with Crippen molar-refractivity contribution in [2.75, 3.05) is 7.11 Å². The maximum absolute atomic E-state index is 13.4. The summed E-state index contributed by atoms with van der Waals surface area (Å²) in [6.07, 6.45) is 10.6. The van der Waals surface area contributed by atoms with E-state index >= 15 is 0 Å². The molecule has 6 heteroatoms. The Kier molecular flexibility index (Phi) is 4.31. The zero-order valence-electron chi connectivity index (χ0n) is 18.6. The number of rotatable bonds is 6. The van der Waals surface area contributed by atoms with Crippen molar-refractivity contribution < 1.29 is 13.9 Å². The molecule has 2 N–H and O–H groups in total. The number of allylic oxidation sites excluding steroid dienone is 1. The number of halogens is 1. The largest absolute Gasteiger partial charge is 0.496 e. The highest BCUT2D eigenvalue weighted by Gasteiger charge is 2.71. The minimum atomic E-state index is -0.437. The molecule has 1 amide bonds. The standard InChI is InChI=1S/C27H26FN3O2/c1-33-23-4-2-3-17(24(23)25(29)32)9-11-26-12-10-19-13-22-18(14-27(19,26)16-26)15-30-31(22)21-7-5-20(28)6-8-21/h2-8,13,15H,9-12,14,16H2,1H3,(H2,29,32)/t26-,27?/m1/s1. The lowest BCUT2D eigenvalue weighted by Crippen LogP contribution is -2.19. The van der Waals surface area contributed by atoms with E-state index in [9.17, 15) is 9.18 Å². The maximum Gasteiger partial charge on any atom is 0.252 e. The van der Waals surface area contributed by atoms with Gasteiger partial charge in [0.05, 0.1) is 30.3 Å². The number of aromatic nitrogens is 2. The van der Waals surface area contributed by atoms with E-state index in [4.69, 9.17) is 10.5 Å². The van der Waals surface area contributed by atoms with Crippen LogP contribution in [-0.2, 0) is 12.8 Å². The topological polar surface area (TPSA) is 70.1 Å². The SMILES string of the molecule is COc1cccc(CC[C@]23CCC4=Cc5c(cnn5-c5ccc(F)cc5)CC42C3)c1C(N)=O. The molecule has 6 rings (SSSR count). The monoisotopic (exact) mass is 443 g/mol. The lowest BCUT2D eigenvalue weighted by molar-refractivity contribution is 0.0996. The van der Waals surface area contributed by atoms with Crippen LogP contribution in [0.2, 0.25) is 0 Å². The summed E-state index contributed by atoms with van der Waals surface area (Å²) in [5.41, 5.74) is 12.4. The van der Waals surface area contributed by atoms with Crippen LogP contribution in [0, 0.1) is 16.6 Å². The molecule has 2 atom stereocenters. The average Bonchev–Trinajstić information content (AvgIpc) is 3.09. The first-order valence-corrected chi connectivity index (χ1v) is 11.5. The third kappa shape index (κ3) is 2.89. The zero-order chi connectivity index (χ0) is 22.8. The summed E-state index contributed by atoms with van der Waals surface area (Å²) < 4.78 is 20.7. The van der Waals surface area contributed by atoms with Crippen molar-refractivity contribution in [3.05, 3.63) is 82.4 Å². The van der Waals surface area contributed by atoms with E-state index in [1.54, 1.807) is 25.3 Å². The van der Waals surface area contributed by atoms with Gasteiger partial charge in [0.15, 0.2) is 0 Å². The number of hydrogen-bond acceptors (Lipinski definition) is 3. The van der Waals surface area contributed by atoms with Crippen molar-refractivity contribution >= 4 is 12.0 Å². The fraction of sp³-hybridized carbons (Fsp3) is 0.333. The van der Waals surface area contributed by atoms with Crippen LogP contribution >= 0.6 is 0 Å². The molecule has 2 aromatic carbocycles. The smallest absolute Gasteiger partial charge is 0.252 e. The number of amides is 1. The number of carbonyl (C=O) groups excluding carboxylic acids is 1. The molecule has 3 aromatic rings. The summed E-state index contributed by atoms with van der Waals surface area (Å²) >= 11 is 0. The van der Waals surface area contributed by atoms with Gasteiger partial charge in [0.2, 0.25) is 0 Å². The molecule has 5 nitrogen and oxygen atoms in total. The van der Waals surface area contributed by atoms with Crippen LogP contribution in [0.5, 0.6) is 5.75 Å². The number of methoxy groups -OCH3 is 1. The van der Waals surface area contributed by atoms with Gasteiger partial charge in [-0.1, -0.05) is 17.7 Å². The molecule has 1 aromatic heterocycles. The summed E-state index contributed by atoms with van der Waals surface area (Å²) in [6.45, 7) is 0. The lowest BCUT2D eigenvalue weighted by Gasteiger charge is -2.24. The third-order valence-corrected chi connectivity index (χ3v) is 8.23. The Morgan fingerprint density at radius 2 is 2.06 bits per heavy atom. The normalized spacial score (nSPS) is 24.5. The van der Waals surface area contributed by atoms with Crippen LogP contribution in [0.1, 0.15) is 52.9 Å². The molecular weight excluding hydrogens is 417 g/mol. The highest BCUT2D eigenvalue weighted by Crippen LogP contribution is 2.79. The Labute approximate surface area is 192 Å². The van der Waals surface area contributed by atoms with E-state index in [0.29, 0.717) is 11.3 Å². The number of nitrogens with two attached hydrogens (primary N) is 1. The van der Waals surface area contributed by atoms with Gasteiger partial charge >= 0.3 is 0 Å². The zero-order valence-corrected chi connectivity index (χ0v) is 18.6. The number of hydrogen-bond donors (Lipinski definition) is 1. The Morgan fingerprint density at radius 3 is 2.82 bits per heavy atom. The second-order valence-corrected chi connectivity index (χ2v) is 9.69. The van der Waals surface area contributed by atoms with Gasteiger partial charge in [0.25, 0.3) is 5.91 Å².